The maximum Gasteiger partial charge on any atom is 0.225 e. The van der Waals surface area contributed by atoms with Gasteiger partial charge in [-0.25, -0.2) is 4.39 Å². The number of hydrogen-bond donors (Lipinski definition) is 1. The van der Waals surface area contributed by atoms with Crippen LogP contribution in [0.3, 0.4) is 0 Å². The van der Waals surface area contributed by atoms with E-state index in [9.17, 15) is 9.18 Å². The Morgan fingerprint density at radius 3 is 2.33 bits per heavy atom. The molecule has 2 rings (SSSR count). The third-order valence-corrected chi connectivity index (χ3v) is 4.64. The largest absolute Gasteiger partial charge is 0.493 e. The van der Waals surface area contributed by atoms with Crippen molar-refractivity contribution in [2.24, 2.45) is 0 Å². The van der Waals surface area contributed by atoms with Gasteiger partial charge in [-0.15, -0.1) is 0 Å². The van der Waals surface area contributed by atoms with Gasteiger partial charge in [-0.05, 0) is 30.7 Å². The zero-order valence-electron chi connectivity index (χ0n) is 15.4. The molecule has 1 amide bonds. The Balaban J connectivity index is 2.20. The zero-order chi connectivity index (χ0) is 20.1. The molecule has 1 atom stereocenters. The van der Waals surface area contributed by atoms with E-state index in [4.69, 9.17) is 37.4 Å². The monoisotopic (exact) mass is 415 g/mol. The van der Waals surface area contributed by atoms with Gasteiger partial charge in [0, 0.05) is 10.6 Å². The van der Waals surface area contributed by atoms with E-state index >= 15 is 0 Å². The van der Waals surface area contributed by atoms with Crippen molar-refractivity contribution in [3.63, 3.8) is 0 Å². The van der Waals surface area contributed by atoms with Gasteiger partial charge in [0.15, 0.2) is 11.5 Å². The summed E-state index contributed by atoms with van der Waals surface area (Å²) in [6.07, 6.45) is 0.0293. The molecule has 0 saturated heterocycles. The summed E-state index contributed by atoms with van der Waals surface area (Å²) in [5.74, 6) is 0.421. The average Bonchev–Trinajstić information content (AvgIpc) is 2.63. The lowest BCUT2D eigenvalue weighted by molar-refractivity contribution is -0.121. The zero-order valence-corrected chi connectivity index (χ0v) is 16.9. The summed E-state index contributed by atoms with van der Waals surface area (Å²) in [6.45, 7) is 1.71. The van der Waals surface area contributed by atoms with Gasteiger partial charge in [-0.3, -0.25) is 4.79 Å². The topological polar surface area (TPSA) is 56.8 Å². The molecule has 0 aliphatic rings. The lowest BCUT2D eigenvalue weighted by atomic mass is 10.1. The van der Waals surface area contributed by atoms with Gasteiger partial charge in [0.05, 0.1) is 38.8 Å². The molecule has 0 unspecified atom stereocenters. The Labute approximate surface area is 167 Å². The van der Waals surface area contributed by atoms with Crippen LogP contribution in [0.25, 0.3) is 0 Å². The molecular formula is C19H20Cl2FNO4. The Morgan fingerprint density at radius 1 is 1.07 bits per heavy atom. The number of ether oxygens (including phenoxy) is 3. The standard InChI is InChI=1S/C19H20Cl2FNO4/c1-10(12-8-15(22)14(21)9-13(12)20)23-17(24)7-11-5-6-16(25-2)19(27-4)18(11)26-3/h5-6,8-10H,7H2,1-4H3,(H,23,24)/t10-/m0/s1. The molecule has 146 valence electrons. The molecule has 2 aromatic rings. The van der Waals surface area contributed by atoms with Crippen molar-refractivity contribution in [1.82, 2.24) is 5.32 Å². The van der Waals surface area contributed by atoms with Crippen molar-refractivity contribution in [3.05, 3.63) is 51.3 Å². The molecule has 0 radical (unpaired) electrons. The Kier molecular flexibility index (Phi) is 7.16. The van der Waals surface area contributed by atoms with E-state index in [1.54, 1.807) is 19.1 Å². The lowest BCUT2D eigenvalue weighted by Crippen LogP contribution is -2.28. The van der Waals surface area contributed by atoms with E-state index < -0.39 is 11.9 Å². The Bertz CT molecular complexity index is 845. The fourth-order valence-corrected chi connectivity index (χ4v) is 3.26. The molecule has 5 nitrogen and oxygen atoms in total. The SMILES string of the molecule is COc1ccc(CC(=O)N[C@@H](C)c2cc(F)c(Cl)cc2Cl)c(OC)c1OC. The summed E-state index contributed by atoms with van der Waals surface area (Å²) in [7, 11) is 4.49. The molecule has 0 fully saturated rings. The summed E-state index contributed by atoms with van der Waals surface area (Å²) in [5, 5.41) is 2.99. The van der Waals surface area contributed by atoms with Crippen LogP contribution in [-0.2, 0) is 11.2 Å². The van der Waals surface area contributed by atoms with Crippen LogP contribution in [0.2, 0.25) is 10.0 Å². The van der Waals surface area contributed by atoms with Crippen molar-refractivity contribution < 1.29 is 23.4 Å². The van der Waals surface area contributed by atoms with Gasteiger partial charge >= 0.3 is 0 Å². The maximum absolute atomic E-state index is 13.7. The summed E-state index contributed by atoms with van der Waals surface area (Å²) in [6, 6.07) is 5.43. The van der Waals surface area contributed by atoms with Crippen molar-refractivity contribution in [1.29, 1.82) is 0 Å². The average molecular weight is 416 g/mol. The molecular weight excluding hydrogens is 396 g/mol. The Morgan fingerprint density at radius 2 is 1.74 bits per heavy atom. The molecule has 0 spiro atoms. The van der Waals surface area contributed by atoms with Crippen molar-refractivity contribution in [3.8, 4) is 17.2 Å². The van der Waals surface area contributed by atoms with Gasteiger partial charge in [-0.1, -0.05) is 29.3 Å². The first-order chi connectivity index (χ1) is 12.8. The number of nitrogens with one attached hydrogen (secondary N) is 1. The molecule has 2 aromatic carbocycles. The maximum atomic E-state index is 13.7. The van der Waals surface area contributed by atoms with E-state index in [1.807, 2.05) is 0 Å². The number of amides is 1. The van der Waals surface area contributed by atoms with E-state index in [1.165, 1.54) is 33.5 Å². The van der Waals surface area contributed by atoms with Gasteiger partial charge in [0.25, 0.3) is 0 Å². The summed E-state index contributed by atoms with van der Waals surface area (Å²) >= 11 is 11.8. The van der Waals surface area contributed by atoms with Gasteiger partial charge in [0.2, 0.25) is 11.7 Å². The molecule has 8 heteroatoms. The smallest absolute Gasteiger partial charge is 0.225 e. The molecule has 0 saturated carbocycles. The lowest BCUT2D eigenvalue weighted by Gasteiger charge is -2.18. The molecule has 0 heterocycles. The fraction of sp³-hybridized carbons (Fsp3) is 0.316. The normalized spacial score (nSPS) is 11.7. The fourth-order valence-electron chi connectivity index (χ4n) is 2.72. The first-order valence-corrected chi connectivity index (χ1v) is 8.79. The van der Waals surface area contributed by atoms with Crippen LogP contribution < -0.4 is 19.5 Å². The highest BCUT2D eigenvalue weighted by atomic mass is 35.5. The first kappa shape index (κ1) is 21.1. The van der Waals surface area contributed by atoms with Crippen LogP contribution in [0.4, 0.5) is 4.39 Å². The molecule has 0 aliphatic heterocycles. The van der Waals surface area contributed by atoms with Crippen LogP contribution in [0.5, 0.6) is 17.2 Å². The summed E-state index contributed by atoms with van der Waals surface area (Å²) in [4.78, 5) is 12.5. The number of carbonyl (C=O) groups is 1. The highest BCUT2D eigenvalue weighted by Gasteiger charge is 2.20. The highest BCUT2D eigenvalue weighted by Crippen LogP contribution is 2.40. The minimum Gasteiger partial charge on any atom is -0.493 e. The van der Waals surface area contributed by atoms with Gasteiger partial charge in [0.1, 0.15) is 5.82 Å². The quantitative estimate of drug-likeness (QED) is 0.672. The number of methoxy groups -OCH3 is 3. The van der Waals surface area contributed by atoms with Crippen LogP contribution in [0, 0.1) is 5.82 Å². The second-order valence-electron chi connectivity index (χ2n) is 5.75. The third-order valence-electron chi connectivity index (χ3n) is 4.02. The van der Waals surface area contributed by atoms with Crippen molar-refractivity contribution in [2.45, 2.75) is 19.4 Å². The van der Waals surface area contributed by atoms with Gasteiger partial charge < -0.3 is 19.5 Å². The predicted octanol–water partition coefficient (Wildman–Crippen LogP) is 4.58. The predicted molar refractivity (Wildman–Crippen MR) is 103 cm³/mol. The molecule has 27 heavy (non-hydrogen) atoms. The molecule has 0 bridgehead atoms. The highest BCUT2D eigenvalue weighted by molar-refractivity contribution is 6.35. The van der Waals surface area contributed by atoms with Crippen LogP contribution in [0.15, 0.2) is 24.3 Å². The molecule has 0 aromatic heterocycles. The van der Waals surface area contributed by atoms with Crippen LogP contribution >= 0.6 is 23.2 Å². The second kappa shape index (κ2) is 9.15. The molecule has 1 N–H and O–H groups in total. The van der Waals surface area contributed by atoms with E-state index in [-0.39, 0.29) is 22.4 Å². The van der Waals surface area contributed by atoms with E-state index in [0.717, 1.165) is 0 Å². The third kappa shape index (κ3) is 4.76. The number of hydrogen-bond acceptors (Lipinski definition) is 4. The first-order valence-electron chi connectivity index (χ1n) is 8.04. The van der Waals surface area contributed by atoms with E-state index in [2.05, 4.69) is 5.32 Å². The van der Waals surface area contributed by atoms with Crippen LogP contribution in [0.1, 0.15) is 24.1 Å². The number of rotatable bonds is 7. The van der Waals surface area contributed by atoms with Crippen LogP contribution in [-0.4, -0.2) is 27.2 Å². The van der Waals surface area contributed by atoms with Crippen molar-refractivity contribution >= 4 is 29.1 Å². The van der Waals surface area contributed by atoms with Crippen molar-refractivity contribution in [2.75, 3.05) is 21.3 Å². The van der Waals surface area contributed by atoms with E-state index in [0.29, 0.717) is 28.4 Å². The molecule has 0 aliphatic carbocycles. The number of carbonyl (C=O) groups excluding carboxylic acids is 1. The van der Waals surface area contributed by atoms with Gasteiger partial charge in [-0.2, -0.15) is 0 Å². The second-order valence-corrected chi connectivity index (χ2v) is 6.56. The summed E-state index contributed by atoms with van der Waals surface area (Å²) in [5.41, 5.74) is 1.06. The number of halogens is 3. The number of benzene rings is 2. The minimum absolute atomic E-state index is 0.0293. The minimum atomic E-state index is -0.598. The Hall–Kier alpha value is -2.18. The summed E-state index contributed by atoms with van der Waals surface area (Å²) < 4.78 is 29.6.